The third kappa shape index (κ3) is 2.03. The molecule has 1 aromatic heterocycles. The van der Waals surface area contributed by atoms with Crippen molar-refractivity contribution in [3.63, 3.8) is 0 Å². The fourth-order valence-electron chi connectivity index (χ4n) is 2.13. The van der Waals surface area contributed by atoms with Gasteiger partial charge in [0.25, 0.3) is 0 Å². The third-order valence-electron chi connectivity index (χ3n) is 3.09. The van der Waals surface area contributed by atoms with Gasteiger partial charge in [0.2, 0.25) is 0 Å². The molecule has 0 bridgehead atoms. The van der Waals surface area contributed by atoms with Crippen molar-refractivity contribution in [1.82, 2.24) is 4.98 Å². The zero-order chi connectivity index (χ0) is 12.6. The Balaban J connectivity index is 2.49. The van der Waals surface area contributed by atoms with E-state index in [1.807, 2.05) is 26.1 Å². The van der Waals surface area contributed by atoms with Gasteiger partial charge in [-0.25, -0.2) is 0 Å². The molecule has 0 unspecified atom stereocenters. The molecule has 0 amide bonds. The monoisotopic (exact) mass is 232 g/mol. The molecule has 0 saturated carbocycles. The lowest BCUT2D eigenvalue weighted by molar-refractivity contribution is -0.138. The number of H-pyrrole nitrogens is 1. The fraction of sp³-hybridized carbons (Fsp3) is 0.308. The second-order valence-corrected chi connectivity index (χ2v) is 4.41. The predicted octanol–water partition coefficient (Wildman–Crippen LogP) is 1.74. The summed E-state index contributed by atoms with van der Waals surface area (Å²) in [5, 5.41) is 9.94. The Morgan fingerprint density at radius 1 is 1.41 bits per heavy atom. The van der Waals surface area contributed by atoms with Crippen LogP contribution in [0.25, 0.3) is 10.9 Å². The second kappa shape index (κ2) is 4.22. The van der Waals surface area contributed by atoms with Crippen LogP contribution < -0.4 is 5.73 Å². The Kier molecular flexibility index (Phi) is 2.90. The maximum Gasteiger partial charge on any atom is 0.320 e. The van der Waals surface area contributed by atoms with Gasteiger partial charge in [0, 0.05) is 23.5 Å². The van der Waals surface area contributed by atoms with Gasteiger partial charge in [0.15, 0.2) is 0 Å². The maximum absolute atomic E-state index is 10.8. The van der Waals surface area contributed by atoms with E-state index in [9.17, 15) is 4.79 Å². The van der Waals surface area contributed by atoms with Crippen molar-refractivity contribution in [2.75, 3.05) is 0 Å². The first-order valence-corrected chi connectivity index (χ1v) is 5.55. The summed E-state index contributed by atoms with van der Waals surface area (Å²) in [5.41, 5.74) is 9.90. The minimum atomic E-state index is -0.968. The largest absolute Gasteiger partial charge is 0.480 e. The first-order chi connectivity index (χ1) is 8.00. The predicted molar refractivity (Wildman–Crippen MR) is 67.1 cm³/mol. The van der Waals surface area contributed by atoms with Gasteiger partial charge in [0.1, 0.15) is 6.04 Å². The van der Waals surface area contributed by atoms with Crippen molar-refractivity contribution in [2.24, 2.45) is 5.73 Å². The van der Waals surface area contributed by atoms with E-state index in [2.05, 4.69) is 11.1 Å². The quantitative estimate of drug-likeness (QED) is 0.754. The molecule has 1 atom stereocenters. The number of carboxylic acid groups (broad SMARTS) is 1. The molecule has 0 radical (unpaired) electrons. The summed E-state index contributed by atoms with van der Waals surface area (Å²) in [6.45, 7) is 4.05. The van der Waals surface area contributed by atoms with Gasteiger partial charge in [-0.2, -0.15) is 0 Å². The number of hydrogen-bond donors (Lipinski definition) is 3. The number of carboxylic acids is 1. The van der Waals surface area contributed by atoms with Gasteiger partial charge in [-0.1, -0.05) is 12.1 Å². The molecule has 2 rings (SSSR count). The van der Waals surface area contributed by atoms with Crippen molar-refractivity contribution < 1.29 is 9.90 Å². The van der Waals surface area contributed by atoms with Gasteiger partial charge in [-0.3, -0.25) is 4.79 Å². The van der Waals surface area contributed by atoms with Crippen LogP contribution in [0.3, 0.4) is 0 Å². The number of nitrogens with one attached hydrogen (secondary N) is 1. The number of aromatic nitrogens is 1. The molecule has 0 aliphatic carbocycles. The van der Waals surface area contributed by atoms with E-state index in [4.69, 9.17) is 10.8 Å². The molecule has 2 aromatic rings. The molecule has 90 valence electrons. The molecule has 1 heterocycles. The van der Waals surface area contributed by atoms with Crippen molar-refractivity contribution in [3.05, 3.63) is 35.0 Å². The molecule has 0 aliphatic heterocycles. The zero-order valence-corrected chi connectivity index (χ0v) is 9.95. The highest BCUT2D eigenvalue weighted by molar-refractivity contribution is 5.89. The molecular formula is C13H16N2O2. The number of aromatic amines is 1. The van der Waals surface area contributed by atoms with E-state index < -0.39 is 12.0 Å². The van der Waals surface area contributed by atoms with Crippen molar-refractivity contribution in [2.45, 2.75) is 26.3 Å². The van der Waals surface area contributed by atoms with Crippen LogP contribution in [0.15, 0.2) is 18.3 Å². The number of carbonyl (C=O) groups is 1. The summed E-state index contributed by atoms with van der Waals surface area (Å²) in [6, 6.07) is 3.24. The van der Waals surface area contributed by atoms with Crippen molar-refractivity contribution in [1.29, 1.82) is 0 Å². The highest BCUT2D eigenvalue weighted by Crippen LogP contribution is 2.25. The topological polar surface area (TPSA) is 79.1 Å². The summed E-state index contributed by atoms with van der Waals surface area (Å²) in [4.78, 5) is 14.0. The Morgan fingerprint density at radius 3 is 2.71 bits per heavy atom. The SMILES string of the molecule is Cc1ccc(C)c2c(C[C@H](N)C(=O)O)c[nH]c12. The van der Waals surface area contributed by atoms with Gasteiger partial charge < -0.3 is 15.8 Å². The molecule has 4 N–H and O–H groups in total. The van der Waals surface area contributed by atoms with Gasteiger partial charge in [0.05, 0.1) is 0 Å². The third-order valence-corrected chi connectivity index (χ3v) is 3.09. The van der Waals surface area contributed by atoms with Gasteiger partial charge in [-0.05, 0) is 30.5 Å². The second-order valence-electron chi connectivity index (χ2n) is 4.41. The Morgan fingerprint density at radius 2 is 2.06 bits per heavy atom. The van der Waals surface area contributed by atoms with Crippen molar-refractivity contribution >= 4 is 16.9 Å². The number of benzene rings is 1. The lowest BCUT2D eigenvalue weighted by Gasteiger charge is -2.07. The highest BCUT2D eigenvalue weighted by atomic mass is 16.4. The lowest BCUT2D eigenvalue weighted by Crippen LogP contribution is -2.32. The summed E-state index contributed by atoms with van der Waals surface area (Å²) >= 11 is 0. The Labute approximate surface area is 99.4 Å². The first-order valence-electron chi connectivity index (χ1n) is 5.55. The number of nitrogens with two attached hydrogens (primary N) is 1. The lowest BCUT2D eigenvalue weighted by atomic mass is 10.0. The van der Waals surface area contributed by atoms with Gasteiger partial charge >= 0.3 is 5.97 Å². The maximum atomic E-state index is 10.8. The van der Waals surface area contributed by atoms with Crippen LogP contribution in [0.5, 0.6) is 0 Å². The standard InChI is InChI=1S/C13H16N2O2/c1-7-3-4-8(2)12-11(7)9(6-15-12)5-10(14)13(16)17/h3-4,6,10,15H,5,14H2,1-2H3,(H,16,17)/t10-/m0/s1. The van der Waals surface area contributed by atoms with E-state index in [0.29, 0.717) is 6.42 Å². The van der Waals surface area contributed by atoms with Crippen LogP contribution in [0, 0.1) is 13.8 Å². The van der Waals surface area contributed by atoms with Crippen LogP contribution in [0.4, 0.5) is 0 Å². The number of aliphatic carboxylic acids is 1. The first kappa shape index (κ1) is 11.7. The van der Waals surface area contributed by atoms with Crippen LogP contribution >= 0.6 is 0 Å². The minimum Gasteiger partial charge on any atom is -0.480 e. The van der Waals surface area contributed by atoms with Crippen LogP contribution in [-0.2, 0) is 11.2 Å². The summed E-state index contributed by atoms with van der Waals surface area (Å²) < 4.78 is 0. The smallest absolute Gasteiger partial charge is 0.320 e. The Bertz CT molecular complexity index is 572. The van der Waals surface area contributed by atoms with Crippen LogP contribution in [0.2, 0.25) is 0 Å². The molecule has 0 aliphatic rings. The normalized spacial score (nSPS) is 12.9. The molecule has 0 saturated heterocycles. The molecule has 1 aromatic carbocycles. The van der Waals surface area contributed by atoms with Crippen LogP contribution in [0.1, 0.15) is 16.7 Å². The summed E-state index contributed by atoms with van der Waals surface area (Å²) in [5.74, 6) is -0.968. The highest BCUT2D eigenvalue weighted by Gasteiger charge is 2.16. The van der Waals surface area contributed by atoms with E-state index in [0.717, 1.165) is 27.6 Å². The Hall–Kier alpha value is -1.81. The van der Waals surface area contributed by atoms with E-state index in [1.165, 1.54) is 0 Å². The average molecular weight is 232 g/mol. The molecule has 0 fully saturated rings. The van der Waals surface area contributed by atoms with Crippen molar-refractivity contribution in [3.8, 4) is 0 Å². The van der Waals surface area contributed by atoms with Gasteiger partial charge in [-0.15, -0.1) is 0 Å². The fourth-order valence-corrected chi connectivity index (χ4v) is 2.13. The van der Waals surface area contributed by atoms with E-state index in [-0.39, 0.29) is 0 Å². The molecule has 17 heavy (non-hydrogen) atoms. The number of hydrogen-bond acceptors (Lipinski definition) is 2. The van der Waals surface area contributed by atoms with E-state index in [1.54, 1.807) is 0 Å². The molecule has 4 heteroatoms. The zero-order valence-electron chi connectivity index (χ0n) is 9.95. The molecule has 4 nitrogen and oxygen atoms in total. The number of aryl methyl sites for hydroxylation is 2. The average Bonchev–Trinajstić information content (AvgIpc) is 2.68. The molecule has 0 spiro atoms. The summed E-state index contributed by atoms with van der Waals surface area (Å²) in [6.07, 6.45) is 2.20. The number of rotatable bonds is 3. The summed E-state index contributed by atoms with van der Waals surface area (Å²) in [7, 11) is 0. The minimum absolute atomic E-state index is 0.347. The van der Waals surface area contributed by atoms with Crippen LogP contribution in [-0.4, -0.2) is 22.1 Å². The van der Waals surface area contributed by atoms with E-state index >= 15 is 0 Å². The molecular weight excluding hydrogens is 216 g/mol. The number of fused-ring (bicyclic) bond motifs is 1.